The molecule has 2 N–H and O–H groups in total. The number of ether oxygens (including phenoxy) is 3. The lowest BCUT2D eigenvalue weighted by molar-refractivity contribution is -0.139. The summed E-state index contributed by atoms with van der Waals surface area (Å²) in [6, 6.07) is 24.3. The fourth-order valence-electron chi connectivity index (χ4n) is 7.64. The molecule has 3 aromatic carbocycles. The van der Waals surface area contributed by atoms with Crippen LogP contribution in [0.5, 0.6) is 0 Å². The van der Waals surface area contributed by atoms with E-state index in [0.29, 0.717) is 31.8 Å². The number of nitrogens with zero attached hydrogens (tertiary/aromatic N) is 3. The summed E-state index contributed by atoms with van der Waals surface area (Å²) in [5.74, 6) is -0.913. The number of piperidine rings is 1. The van der Waals surface area contributed by atoms with E-state index >= 15 is 4.79 Å². The van der Waals surface area contributed by atoms with Gasteiger partial charge in [0.05, 0.1) is 5.92 Å². The predicted molar refractivity (Wildman–Crippen MR) is 225 cm³/mol. The summed E-state index contributed by atoms with van der Waals surface area (Å²) >= 11 is 0. The number of likely N-dealkylation sites (tertiary alicyclic amines) is 1. The second-order valence-corrected chi connectivity index (χ2v) is 17.4. The Balaban J connectivity index is 1.22. The molecular weight excluding hydrogens is 735 g/mol. The molecule has 310 valence electrons. The van der Waals surface area contributed by atoms with Gasteiger partial charge in [-0.3, -0.25) is 9.59 Å². The van der Waals surface area contributed by atoms with Gasteiger partial charge in [-0.25, -0.2) is 9.59 Å². The Morgan fingerprint density at radius 2 is 1.57 bits per heavy atom. The molecule has 12 heteroatoms. The highest BCUT2D eigenvalue weighted by Gasteiger charge is 2.43. The van der Waals surface area contributed by atoms with Crippen LogP contribution in [0.4, 0.5) is 15.3 Å². The molecule has 1 saturated heterocycles. The van der Waals surface area contributed by atoms with E-state index in [1.807, 2.05) is 63.2 Å². The van der Waals surface area contributed by atoms with E-state index in [0.717, 1.165) is 59.0 Å². The SMILES string of the molecule is COCCCn1cc(CN(C(=O)[C@H]2CN(C(=O)OC(C)(C)C)CC[C@@H]2c2cccc(-c3ccc(NC(=O)CNC(=O)OC(C)(C)C)cc3)c2)C2CC2)c2ccccc21. The van der Waals surface area contributed by atoms with Crippen LogP contribution in [-0.2, 0) is 36.9 Å². The number of amides is 4. The first kappa shape index (κ1) is 42.3. The lowest BCUT2D eigenvalue weighted by Crippen LogP contribution is -2.51. The number of para-hydroxylation sites is 1. The minimum Gasteiger partial charge on any atom is -0.444 e. The van der Waals surface area contributed by atoms with Gasteiger partial charge in [-0.2, -0.15) is 0 Å². The quantitative estimate of drug-likeness (QED) is 0.130. The lowest BCUT2D eigenvalue weighted by Gasteiger charge is -2.40. The molecule has 1 aliphatic carbocycles. The van der Waals surface area contributed by atoms with Crippen molar-refractivity contribution >= 4 is 40.6 Å². The van der Waals surface area contributed by atoms with Crippen LogP contribution in [0.25, 0.3) is 22.0 Å². The molecule has 4 amide bonds. The molecule has 2 atom stereocenters. The van der Waals surface area contributed by atoms with E-state index in [1.165, 1.54) is 0 Å². The van der Waals surface area contributed by atoms with Crippen LogP contribution < -0.4 is 10.6 Å². The van der Waals surface area contributed by atoms with Crippen LogP contribution in [0, 0.1) is 5.92 Å². The fourth-order valence-corrected chi connectivity index (χ4v) is 7.64. The highest BCUT2D eigenvalue weighted by atomic mass is 16.6. The number of fused-ring (bicyclic) bond motifs is 1. The number of carbonyl (C=O) groups excluding carboxylic acids is 4. The number of alkyl carbamates (subject to hydrolysis) is 1. The largest absolute Gasteiger partial charge is 0.444 e. The van der Waals surface area contributed by atoms with E-state index in [2.05, 4.69) is 56.6 Å². The van der Waals surface area contributed by atoms with Gasteiger partial charge < -0.3 is 39.2 Å². The molecule has 0 bridgehead atoms. The third-order valence-electron chi connectivity index (χ3n) is 10.4. The predicted octanol–water partition coefficient (Wildman–Crippen LogP) is 8.34. The van der Waals surface area contributed by atoms with Crippen LogP contribution in [0.3, 0.4) is 0 Å². The maximum atomic E-state index is 15.1. The van der Waals surface area contributed by atoms with E-state index in [1.54, 1.807) is 32.8 Å². The van der Waals surface area contributed by atoms with Gasteiger partial charge in [0.25, 0.3) is 0 Å². The zero-order valence-electron chi connectivity index (χ0n) is 35.0. The zero-order chi connectivity index (χ0) is 41.6. The van der Waals surface area contributed by atoms with Crippen molar-refractivity contribution in [3.63, 3.8) is 0 Å². The van der Waals surface area contributed by atoms with Crippen LogP contribution in [0.2, 0.25) is 0 Å². The highest BCUT2D eigenvalue weighted by molar-refractivity contribution is 5.94. The summed E-state index contributed by atoms with van der Waals surface area (Å²) in [5.41, 5.74) is 4.49. The van der Waals surface area contributed by atoms with Gasteiger partial charge >= 0.3 is 12.2 Å². The Morgan fingerprint density at radius 1 is 0.845 bits per heavy atom. The average Bonchev–Trinajstić information content (AvgIpc) is 3.96. The highest BCUT2D eigenvalue weighted by Crippen LogP contribution is 2.40. The van der Waals surface area contributed by atoms with Crippen molar-refractivity contribution in [3.8, 4) is 11.1 Å². The fraction of sp³-hybridized carbons (Fsp3) is 0.478. The van der Waals surface area contributed by atoms with Gasteiger partial charge in [0, 0.05) is 68.7 Å². The molecule has 1 saturated carbocycles. The van der Waals surface area contributed by atoms with Gasteiger partial charge in [0.1, 0.15) is 17.7 Å². The summed E-state index contributed by atoms with van der Waals surface area (Å²) < 4.78 is 18.6. The van der Waals surface area contributed by atoms with E-state index in [-0.39, 0.29) is 36.9 Å². The molecule has 1 aliphatic heterocycles. The monoisotopic (exact) mass is 793 g/mol. The molecule has 2 heterocycles. The van der Waals surface area contributed by atoms with Crippen LogP contribution in [0.15, 0.2) is 79.0 Å². The Labute approximate surface area is 342 Å². The first-order valence-corrected chi connectivity index (χ1v) is 20.4. The van der Waals surface area contributed by atoms with E-state index < -0.39 is 29.3 Å². The standard InChI is InChI=1S/C46H59N5O7/c1-45(2,3)57-43(54)47-27-41(52)48-35-18-16-31(17-19-35)32-12-10-13-33(26-32)37-22-24-50(44(55)58-46(4,5)6)30-39(37)42(53)51(36-20-21-36)29-34-28-49(23-11-25-56-7)40-15-9-8-14-38(34)40/h8-10,12-19,26,28,36-37,39H,11,20-25,27,29-30H2,1-7H3,(H,47,54)(H,48,52)/t37-,39+/m1/s1. The van der Waals surface area contributed by atoms with Gasteiger partial charge in [-0.15, -0.1) is 0 Å². The number of anilines is 1. The molecule has 0 unspecified atom stereocenters. The van der Waals surface area contributed by atoms with Crippen molar-refractivity contribution < 1.29 is 33.4 Å². The van der Waals surface area contributed by atoms with Crippen LogP contribution in [-0.4, -0.2) is 89.0 Å². The van der Waals surface area contributed by atoms with Gasteiger partial charge in [0.2, 0.25) is 11.8 Å². The third kappa shape index (κ3) is 11.2. The zero-order valence-corrected chi connectivity index (χ0v) is 35.0. The van der Waals surface area contributed by atoms with Gasteiger partial charge in [-0.1, -0.05) is 54.6 Å². The minimum atomic E-state index is -0.660. The summed E-state index contributed by atoms with van der Waals surface area (Å²) in [6.45, 7) is 13.4. The van der Waals surface area contributed by atoms with Crippen molar-refractivity contribution in [2.75, 3.05) is 38.7 Å². The Hall–Kier alpha value is -5.36. The molecule has 58 heavy (non-hydrogen) atoms. The summed E-state index contributed by atoms with van der Waals surface area (Å²) in [7, 11) is 1.72. The molecule has 6 rings (SSSR count). The Morgan fingerprint density at radius 3 is 2.26 bits per heavy atom. The topological polar surface area (TPSA) is 131 Å². The number of nitrogens with one attached hydrogen (secondary N) is 2. The van der Waals surface area contributed by atoms with Crippen molar-refractivity contribution in [2.45, 2.75) is 103 Å². The third-order valence-corrected chi connectivity index (χ3v) is 10.4. The number of benzene rings is 3. The van der Waals surface area contributed by atoms with Crippen molar-refractivity contribution in [1.29, 1.82) is 0 Å². The number of rotatable bonds is 13. The molecular formula is C46H59N5O7. The molecule has 0 spiro atoms. The van der Waals surface area contributed by atoms with E-state index in [9.17, 15) is 14.4 Å². The van der Waals surface area contributed by atoms with Crippen molar-refractivity contribution in [1.82, 2.24) is 19.7 Å². The van der Waals surface area contributed by atoms with Crippen LogP contribution in [0.1, 0.15) is 84.3 Å². The number of methoxy groups -OCH3 is 1. The van der Waals surface area contributed by atoms with E-state index in [4.69, 9.17) is 14.2 Å². The summed E-state index contributed by atoms with van der Waals surface area (Å²) in [5, 5.41) is 6.43. The first-order valence-electron chi connectivity index (χ1n) is 20.4. The molecule has 4 aromatic rings. The summed E-state index contributed by atoms with van der Waals surface area (Å²) in [6.07, 6.45) is 4.54. The Bertz CT molecular complexity index is 2080. The number of carbonyl (C=O) groups is 4. The first-order chi connectivity index (χ1) is 27.6. The van der Waals surface area contributed by atoms with Crippen molar-refractivity contribution in [3.05, 3.63) is 90.1 Å². The molecule has 2 fully saturated rings. The minimum absolute atomic E-state index is 0.0589. The molecule has 12 nitrogen and oxygen atoms in total. The number of aromatic nitrogens is 1. The maximum Gasteiger partial charge on any atom is 0.410 e. The second-order valence-electron chi connectivity index (χ2n) is 17.4. The molecule has 0 radical (unpaired) electrons. The molecule has 1 aromatic heterocycles. The Kier molecular flexibility index (Phi) is 13.2. The average molecular weight is 794 g/mol. The normalized spacial score (nSPS) is 17.1. The summed E-state index contributed by atoms with van der Waals surface area (Å²) in [4.78, 5) is 56.8. The van der Waals surface area contributed by atoms with Gasteiger partial charge in [0.15, 0.2) is 0 Å². The maximum absolute atomic E-state index is 15.1. The molecule has 2 aliphatic rings. The second kappa shape index (κ2) is 18.1. The van der Waals surface area contributed by atoms with Gasteiger partial charge in [-0.05, 0) is 114 Å². The van der Waals surface area contributed by atoms with Crippen LogP contribution >= 0.6 is 0 Å². The lowest BCUT2D eigenvalue weighted by atomic mass is 9.79. The smallest absolute Gasteiger partial charge is 0.410 e. The number of hydrogen-bond donors (Lipinski definition) is 2. The van der Waals surface area contributed by atoms with Crippen molar-refractivity contribution in [2.24, 2.45) is 5.92 Å². The number of aryl methyl sites for hydroxylation is 1. The number of hydrogen-bond acceptors (Lipinski definition) is 7.